The van der Waals surface area contributed by atoms with Gasteiger partial charge in [0.2, 0.25) is 0 Å². The fourth-order valence-electron chi connectivity index (χ4n) is 2.02. The van der Waals surface area contributed by atoms with Gasteiger partial charge in [-0.2, -0.15) is 5.10 Å². The maximum absolute atomic E-state index is 12.0. The van der Waals surface area contributed by atoms with Gasteiger partial charge in [-0.1, -0.05) is 12.1 Å². The molecule has 3 rings (SSSR count). The Bertz CT molecular complexity index is 728. The molecule has 4 N–H and O–H groups in total. The zero-order valence-electron chi connectivity index (χ0n) is 11.3. The number of hydrogen-bond donors (Lipinski definition) is 3. The molecule has 0 saturated carbocycles. The fraction of sp³-hybridized carbons (Fsp3) is 0.0667. The van der Waals surface area contributed by atoms with E-state index in [0.29, 0.717) is 17.9 Å². The molecule has 2 aromatic heterocycles. The standard InChI is InChI=1S/C15H15N5O/c16-12-8-14(17-9-12)15(21)19-13-4-2-11(3-5-13)10-20-7-1-6-18-20/h1-9,17H,10,16H2,(H,19,21). The molecule has 0 atom stereocenters. The lowest BCUT2D eigenvalue weighted by atomic mass is 10.2. The van der Waals surface area contributed by atoms with E-state index >= 15 is 0 Å². The van der Waals surface area contributed by atoms with Crippen LogP contribution in [-0.4, -0.2) is 20.7 Å². The number of aromatic amines is 1. The second-order valence-corrected chi connectivity index (χ2v) is 4.70. The summed E-state index contributed by atoms with van der Waals surface area (Å²) in [5.41, 5.74) is 8.39. The summed E-state index contributed by atoms with van der Waals surface area (Å²) in [6.07, 6.45) is 5.24. The summed E-state index contributed by atoms with van der Waals surface area (Å²) < 4.78 is 1.84. The lowest BCUT2D eigenvalue weighted by molar-refractivity contribution is 0.102. The van der Waals surface area contributed by atoms with Crippen molar-refractivity contribution in [2.75, 3.05) is 11.1 Å². The van der Waals surface area contributed by atoms with Gasteiger partial charge in [0.05, 0.1) is 6.54 Å². The monoisotopic (exact) mass is 281 g/mol. The van der Waals surface area contributed by atoms with Crippen LogP contribution in [0.3, 0.4) is 0 Å². The summed E-state index contributed by atoms with van der Waals surface area (Å²) in [5.74, 6) is -0.216. The number of anilines is 2. The molecular weight excluding hydrogens is 266 g/mol. The highest BCUT2D eigenvalue weighted by molar-refractivity contribution is 6.03. The van der Waals surface area contributed by atoms with E-state index in [1.54, 1.807) is 18.5 Å². The Morgan fingerprint density at radius 1 is 1.33 bits per heavy atom. The van der Waals surface area contributed by atoms with Crippen LogP contribution in [-0.2, 0) is 6.54 Å². The quantitative estimate of drug-likeness (QED) is 0.684. The Labute approximate surface area is 121 Å². The van der Waals surface area contributed by atoms with Crippen LogP contribution in [0.25, 0.3) is 0 Å². The second-order valence-electron chi connectivity index (χ2n) is 4.70. The van der Waals surface area contributed by atoms with Crippen molar-refractivity contribution in [3.63, 3.8) is 0 Å². The summed E-state index contributed by atoms with van der Waals surface area (Å²) >= 11 is 0. The third-order valence-corrected chi connectivity index (χ3v) is 3.07. The molecule has 0 unspecified atom stereocenters. The minimum Gasteiger partial charge on any atom is -0.397 e. The number of amides is 1. The largest absolute Gasteiger partial charge is 0.397 e. The molecule has 0 fully saturated rings. The highest BCUT2D eigenvalue weighted by atomic mass is 16.1. The van der Waals surface area contributed by atoms with Gasteiger partial charge in [0, 0.05) is 30.0 Å². The van der Waals surface area contributed by atoms with E-state index in [0.717, 1.165) is 11.3 Å². The molecule has 3 aromatic rings. The highest BCUT2D eigenvalue weighted by Gasteiger charge is 2.07. The fourth-order valence-corrected chi connectivity index (χ4v) is 2.02. The van der Waals surface area contributed by atoms with E-state index in [9.17, 15) is 4.79 Å². The molecule has 2 heterocycles. The first kappa shape index (κ1) is 13.0. The van der Waals surface area contributed by atoms with Gasteiger partial charge in [-0.15, -0.1) is 0 Å². The Morgan fingerprint density at radius 2 is 2.14 bits per heavy atom. The van der Waals surface area contributed by atoms with Crippen LogP contribution < -0.4 is 11.1 Å². The second kappa shape index (κ2) is 5.54. The molecule has 1 amide bonds. The van der Waals surface area contributed by atoms with Gasteiger partial charge in [-0.05, 0) is 29.8 Å². The van der Waals surface area contributed by atoms with Crippen molar-refractivity contribution in [3.05, 3.63) is 66.2 Å². The van der Waals surface area contributed by atoms with Crippen molar-refractivity contribution in [1.29, 1.82) is 0 Å². The SMILES string of the molecule is Nc1c[nH]c(C(=O)Nc2ccc(Cn3cccn3)cc2)c1. The van der Waals surface area contributed by atoms with E-state index in [4.69, 9.17) is 5.73 Å². The molecule has 106 valence electrons. The summed E-state index contributed by atoms with van der Waals surface area (Å²) in [6, 6.07) is 11.1. The summed E-state index contributed by atoms with van der Waals surface area (Å²) in [5, 5.41) is 6.96. The Morgan fingerprint density at radius 3 is 2.76 bits per heavy atom. The van der Waals surface area contributed by atoms with Gasteiger partial charge in [0.25, 0.3) is 5.91 Å². The third kappa shape index (κ3) is 3.11. The molecule has 6 nitrogen and oxygen atoms in total. The smallest absolute Gasteiger partial charge is 0.272 e. The van der Waals surface area contributed by atoms with E-state index in [-0.39, 0.29) is 5.91 Å². The van der Waals surface area contributed by atoms with Crippen LogP contribution in [0.5, 0.6) is 0 Å². The van der Waals surface area contributed by atoms with Crippen molar-refractivity contribution >= 4 is 17.3 Å². The van der Waals surface area contributed by atoms with Gasteiger partial charge < -0.3 is 16.0 Å². The summed E-state index contributed by atoms with van der Waals surface area (Å²) in [4.78, 5) is 14.8. The molecule has 0 radical (unpaired) electrons. The summed E-state index contributed by atoms with van der Waals surface area (Å²) in [6.45, 7) is 0.703. The number of hydrogen-bond acceptors (Lipinski definition) is 3. The molecule has 6 heteroatoms. The predicted molar refractivity (Wildman–Crippen MR) is 80.9 cm³/mol. The van der Waals surface area contributed by atoms with Crippen LogP contribution in [0.4, 0.5) is 11.4 Å². The third-order valence-electron chi connectivity index (χ3n) is 3.07. The lowest BCUT2D eigenvalue weighted by Crippen LogP contribution is -2.12. The number of carbonyl (C=O) groups excluding carboxylic acids is 1. The van der Waals surface area contributed by atoms with E-state index in [1.165, 1.54) is 0 Å². The van der Waals surface area contributed by atoms with E-state index in [1.807, 2.05) is 41.2 Å². The van der Waals surface area contributed by atoms with Crippen molar-refractivity contribution in [2.45, 2.75) is 6.54 Å². The first-order valence-electron chi connectivity index (χ1n) is 6.52. The minimum absolute atomic E-state index is 0.216. The number of rotatable bonds is 4. The maximum Gasteiger partial charge on any atom is 0.272 e. The molecule has 0 bridgehead atoms. The van der Waals surface area contributed by atoms with Gasteiger partial charge >= 0.3 is 0 Å². The van der Waals surface area contributed by atoms with Crippen molar-refractivity contribution < 1.29 is 4.79 Å². The Hall–Kier alpha value is -3.02. The van der Waals surface area contributed by atoms with Crippen molar-refractivity contribution in [3.8, 4) is 0 Å². The zero-order chi connectivity index (χ0) is 14.7. The molecule has 1 aromatic carbocycles. The number of H-pyrrole nitrogens is 1. The number of nitrogens with two attached hydrogens (primary N) is 1. The minimum atomic E-state index is -0.216. The van der Waals surface area contributed by atoms with Crippen molar-refractivity contribution in [2.24, 2.45) is 0 Å². The molecule has 0 aliphatic rings. The van der Waals surface area contributed by atoms with Gasteiger partial charge in [0.15, 0.2) is 0 Å². The van der Waals surface area contributed by atoms with Crippen LogP contribution in [0, 0.1) is 0 Å². The first-order chi connectivity index (χ1) is 10.2. The highest BCUT2D eigenvalue weighted by Crippen LogP contribution is 2.13. The number of aromatic nitrogens is 3. The zero-order valence-corrected chi connectivity index (χ0v) is 11.3. The van der Waals surface area contributed by atoms with Crippen molar-refractivity contribution in [1.82, 2.24) is 14.8 Å². The first-order valence-corrected chi connectivity index (χ1v) is 6.52. The van der Waals surface area contributed by atoms with Crippen LogP contribution in [0.1, 0.15) is 16.1 Å². The molecular formula is C15H15N5O. The lowest BCUT2D eigenvalue weighted by Gasteiger charge is -2.06. The summed E-state index contributed by atoms with van der Waals surface area (Å²) in [7, 11) is 0. The maximum atomic E-state index is 12.0. The Kier molecular flexibility index (Phi) is 3.42. The average Bonchev–Trinajstić information content (AvgIpc) is 3.12. The normalized spacial score (nSPS) is 10.5. The molecule has 0 aliphatic carbocycles. The predicted octanol–water partition coefficient (Wildman–Crippen LogP) is 2.09. The molecule has 0 aliphatic heterocycles. The van der Waals surface area contributed by atoms with Crippen LogP contribution >= 0.6 is 0 Å². The number of benzene rings is 1. The number of nitrogens with one attached hydrogen (secondary N) is 2. The Balaban J connectivity index is 1.65. The topological polar surface area (TPSA) is 88.7 Å². The van der Waals surface area contributed by atoms with Crippen LogP contribution in [0.15, 0.2) is 55.0 Å². The van der Waals surface area contributed by atoms with Crippen LogP contribution in [0.2, 0.25) is 0 Å². The van der Waals surface area contributed by atoms with Gasteiger partial charge in [-0.3, -0.25) is 9.48 Å². The number of carbonyl (C=O) groups is 1. The van der Waals surface area contributed by atoms with E-state index in [2.05, 4.69) is 15.4 Å². The number of nitrogens with zero attached hydrogens (tertiary/aromatic N) is 2. The molecule has 0 spiro atoms. The van der Waals surface area contributed by atoms with Gasteiger partial charge in [-0.25, -0.2) is 0 Å². The number of nitrogen functional groups attached to an aromatic ring is 1. The molecule has 21 heavy (non-hydrogen) atoms. The van der Waals surface area contributed by atoms with E-state index < -0.39 is 0 Å². The molecule has 0 saturated heterocycles. The van der Waals surface area contributed by atoms with Gasteiger partial charge in [0.1, 0.15) is 5.69 Å². The average molecular weight is 281 g/mol.